The van der Waals surface area contributed by atoms with E-state index in [1.165, 1.54) is 4.90 Å². The van der Waals surface area contributed by atoms with Crippen molar-refractivity contribution in [3.8, 4) is 5.75 Å². The molecule has 7 heteroatoms. The molecule has 0 fully saturated rings. The highest BCUT2D eigenvalue weighted by Gasteiger charge is 2.22. The van der Waals surface area contributed by atoms with Crippen LogP contribution in [0.1, 0.15) is 12.5 Å². The number of benzene rings is 2. The average molecular weight is 376 g/mol. The minimum Gasteiger partial charge on any atom is -0.494 e. The highest BCUT2D eigenvalue weighted by Crippen LogP contribution is 2.22. The summed E-state index contributed by atoms with van der Waals surface area (Å²) >= 11 is 0. The molecule has 0 unspecified atom stereocenters. The maximum Gasteiger partial charge on any atom is 0.243 e. The molecule has 0 heterocycles. The minimum absolute atomic E-state index is 0.254. The van der Waals surface area contributed by atoms with E-state index in [9.17, 15) is 13.2 Å². The Bertz CT molecular complexity index is 820. The molecule has 1 amide bonds. The lowest BCUT2D eigenvalue weighted by molar-refractivity contribution is -0.128. The lowest BCUT2D eigenvalue weighted by Gasteiger charge is -2.25. The normalized spacial score (nSPS) is 11.0. The second kappa shape index (κ2) is 8.71. The number of carbonyl (C=O) groups excluding carboxylic acids is 1. The number of anilines is 1. The summed E-state index contributed by atoms with van der Waals surface area (Å²) in [5, 5.41) is 0. The van der Waals surface area contributed by atoms with Crippen molar-refractivity contribution in [3.63, 3.8) is 0 Å². The van der Waals surface area contributed by atoms with Gasteiger partial charge in [0.1, 0.15) is 12.3 Å². The van der Waals surface area contributed by atoms with Gasteiger partial charge in [0.25, 0.3) is 0 Å². The predicted molar refractivity (Wildman–Crippen MR) is 103 cm³/mol. The quantitative estimate of drug-likeness (QED) is 0.710. The largest absolute Gasteiger partial charge is 0.494 e. The van der Waals surface area contributed by atoms with E-state index in [1.807, 2.05) is 37.3 Å². The molecule has 0 aromatic heterocycles. The number of nitrogens with zero attached hydrogens (tertiary/aromatic N) is 2. The fourth-order valence-electron chi connectivity index (χ4n) is 2.46. The van der Waals surface area contributed by atoms with Crippen LogP contribution in [0.4, 0.5) is 5.69 Å². The molecule has 0 spiro atoms. The Morgan fingerprint density at radius 2 is 1.65 bits per heavy atom. The van der Waals surface area contributed by atoms with E-state index >= 15 is 0 Å². The molecule has 2 aromatic rings. The first-order valence-electron chi connectivity index (χ1n) is 8.29. The van der Waals surface area contributed by atoms with Gasteiger partial charge in [-0.1, -0.05) is 30.3 Å². The zero-order valence-electron chi connectivity index (χ0n) is 15.3. The summed E-state index contributed by atoms with van der Waals surface area (Å²) in [7, 11) is -1.94. The Kier molecular flexibility index (Phi) is 6.63. The molecule has 0 atom stereocenters. The molecule has 0 aliphatic heterocycles. The summed E-state index contributed by atoms with van der Waals surface area (Å²) in [6.45, 7) is 2.56. The van der Waals surface area contributed by atoms with Gasteiger partial charge in [0.2, 0.25) is 15.9 Å². The summed E-state index contributed by atoms with van der Waals surface area (Å²) in [5.41, 5.74) is 1.41. The van der Waals surface area contributed by atoms with Gasteiger partial charge in [-0.2, -0.15) is 0 Å². The van der Waals surface area contributed by atoms with E-state index in [4.69, 9.17) is 4.74 Å². The van der Waals surface area contributed by atoms with Crippen molar-refractivity contribution in [2.24, 2.45) is 0 Å². The van der Waals surface area contributed by atoms with E-state index in [0.717, 1.165) is 16.1 Å². The third-order valence-corrected chi connectivity index (χ3v) is 4.94. The molecule has 26 heavy (non-hydrogen) atoms. The Morgan fingerprint density at radius 1 is 1.04 bits per heavy atom. The number of sulfonamides is 1. The summed E-state index contributed by atoms with van der Waals surface area (Å²) in [4.78, 5) is 14.1. The fourth-order valence-corrected chi connectivity index (χ4v) is 3.31. The molecule has 0 aliphatic carbocycles. The number of amides is 1. The summed E-state index contributed by atoms with van der Waals surface area (Å²) < 4.78 is 30.8. The van der Waals surface area contributed by atoms with Gasteiger partial charge in [-0.3, -0.25) is 9.10 Å². The van der Waals surface area contributed by atoms with Gasteiger partial charge in [-0.15, -0.1) is 0 Å². The molecule has 0 N–H and O–H groups in total. The smallest absolute Gasteiger partial charge is 0.243 e. The standard InChI is InChI=1S/C19H24N2O4S/c1-4-25-18-12-10-17(11-13-18)21(26(3,23)24)15-19(22)20(2)14-16-8-6-5-7-9-16/h5-13H,4,14-15H2,1-3H3. The van der Waals surface area contributed by atoms with Crippen LogP contribution in [0.5, 0.6) is 5.75 Å². The second-order valence-electron chi connectivity index (χ2n) is 5.93. The maximum atomic E-state index is 12.5. The molecular formula is C19H24N2O4S. The van der Waals surface area contributed by atoms with Crippen LogP contribution >= 0.6 is 0 Å². The lowest BCUT2D eigenvalue weighted by Crippen LogP contribution is -2.41. The Balaban J connectivity index is 2.13. The Morgan fingerprint density at radius 3 is 2.19 bits per heavy atom. The van der Waals surface area contributed by atoms with Gasteiger partial charge in [-0.05, 0) is 36.8 Å². The first kappa shape index (κ1) is 19.8. The number of likely N-dealkylation sites (N-methyl/N-ethyl adjacent to an activating group) is 1. The van der Waals surface area contributed by atoms with Crippen LogP contribution < -0.4 is 9.04 Å². The zero-order valence-corrected chi connectivity index (χ0v) is 16.1. The summed E-state index contributed by atoms with van der Waals surface area (Å²) in [5.74, 6) is 0.366. The third-order valence-electron chi connectivity index (χ3n) is 3.80. The second-order valence-corrected chi connectivity index (χ2v) is 7.84. The van der Waals surface area contributed by atoms with Crippen LogP contribution in [-0.4, -0.2) is 45.7 Å². The van der Waals surface area contributed by atoms with Crippen LogP contribution in [0.3, 0.4) is 0 Å². The van der Waals surface area contributed by atoms with Crippen molar-refractivity contribution >= 4 is 21.6 Å². The third kappa shape index (κ3) is 5.49. The van der Waals surface area contributed by atoms with Gasteiger partial charge in [-0.25, -0.2) is 8.42 Å². The van der Waals surface area contributed by atoms with Crippen molar-refractivity contribution in [2.45, 2.75) is 13.5 Å². The molecule has 0 aliphatic rings. The molecule has 140 valence electrons. The van der Waals surface area contributed by atoms with Gasteiger partial charge in [0.05, 0.1) is 18.6 Å². The average Bonchev–Trinajstić information content (AvgIpc) is 2.60. The monoisotopic (exact) mass is 376 g/mol. The molecular weight excluding hydrogens is 352 g/mol. The Labute approximate surface area is 155 Å². The van der Waals surface area contributed by atoms with Crippen molar-refractivity contribution in [1.29, 1.82) is 0 Å². The molecule has 0 saturated carbocycles. The summed E-state index contributed by atoms with van der Waals surface area (Å²) in [6.07, 6.45) is 1.09. The van der Waals surface area contributed by atoms with Gasteiger partial charge >= 0.3 is 0 Å². The lowest BCUT2D eigenvalue weighted by atomic mass is 10.2. The van der Waals surface area contributed by atoms with E-state index in [-0.39, 0.29) is 12.5 Å². The van der Waals surface area contributed by atoms with E-state index in [2.05, 4.69) is 0 Å². The maximum absolute atomic E-state index is 12.5. The van der Waals surface area contributed by atoms with Gasteiger partial charge in [0.15, 0.2) is 0 Å². The van der Waals surface area contributed by atoms with Crippen molar-refractivity contribution < 1.29 is 17.9 Å². The van der Waals surface area contributed by atoms with Crippen LogP contribution in [0.15, 0.2) is 54.6 Å². The highest BCUT2D eigenvalue weighted by molar-refractivity contribution is 7.92. The molecule has 0 bridgehead atoms. The first-order chi connectivity index (χ1) is 12.3. The van der Waals surface area contributed by atoms with E-state index < -0.39 is 10.0 Å². The molecule has 6 nitrogen and oxygen atoms in total. The predicted octanol–water partition coefficient (Wildman–Crippen LogP) is 2.51. The summed E-state index contributed by atoms with van der Waals surface area (Å²) in [6, 6.07) is 16.2. The van der Waals surface area contributed by atoms with Crippen molar-refractivity contribution in [3.05, 3.63) is 60.2 Å². The van der Waals surface area contributed by atoms with Crippen LogP contribution in [0.25, 0.3) is 0 Å². The molecule has 0 saturated heterocycles. The van der Waals surface area contributed by atoms with Crippen LogP contribution in [0, 0.1) is 0 Å². The van der Waals surface area contributed by atoms with E-state index in [1.54, 1.807) is 31.3 Å². The number of ether oxygens (including phenoxy) is 1. The van der Waals surface area contributed by atoms with Crippen LogP contribution in [-0.2, 0) is 21.4 Å². The zero-order chi connectivity index (χ0) is 19.2. The molecule has 0 radical (unpaired) electrons. The van der Waals surface area contributed by atoms with Crippen LogP contribution in [0.2, 0.25) is 0 Å². The Hall–Kier alpha value is -2.54. The first-order valence-corrected chi connectivity index (χ1v) is 10.1. The SMILES string of the molecule is CCOc1ccc(N(CC(=O)N(C)Cc2ccccc2)S(C)(=O)=O)cc1. The van der Waals surface area contributed by atoms with Gasteiger partial charge < -0.3 is 9.64 Å². The number of carbonyl (C=O) groups is 1. The minimum atomic E-state index is -3.60. The molecule has 2 aromatic carbocycles. The molecule has 2 rings (SSSR count). The van der Waals surface area contributed by atoms with E-state index in [0.29, 0.717) is 24.6 Å². The topological polar surface area (TPSA) is 66.9 Å². The number of rotatable bonds is 8. The highest BCUT2D eigenvalue weighted by atomic mass is 32.2. The fraction of sp³-hybridized carbons (Fsp3) is 0.316. The van der Waals surface area contributed by atoms with Gasteiger partial charge in [0, 0.05) is 13.6 Å². The number of hydrogen-bond acceptors (Lipinski definition) is 4. The van der Waals surface area contributed by atoms with Crippen molar-refractivity contribution in [2.75, 3.05) is 30.8 Å². The number of hydrogen-bond donors (Lipinski definition) is 0. The van der Waals surface area contributed by atoms with Crippen molar-refractivity contribution in [1.82, 2.24) is 4.90 Å².